The van der Waals surface area contributed by atoms with Gasteiger partial charge in [-0.1, -0.05) is 54.2 Å². The number of hydrogen-bond donors (Lipinski definition) is 0. The molecule has 138 valence electrons. The fraction of sp³-hybridized carbons (Fsp3) is 0.0435. The average Bonchev–Trinajstić information content (AvgIpc) is 3.27. The third-order valence-electron chi connectivity index (χ3n) is 4.34. The summed E-state index contributed by atoms with van der Waals surface area (Å²) >= 11 is 1.46. The predicted octanol–water partition coefficient (Wildman–Crippen LogP) is 5.44. The lowest BCUT2D eigenvalue weighted by Gasteiger charge is -2.05. The van der Waals surface area contributed by atoms with E-state index in [2.05, 4.69) is 22.3 Å². The number of hydrogen-bond acceptors (Lipinski definition) is 6. The molecule has 0 saturated carbocycles. The van der Waals surface area contributed by atoms with Crippen LogP contribution in [-0.2, 0) is 5.75 Å². The quantitative estimate of drug-likeness (QED) is 0.419. The van der Waals surface area contributed by atoms with E-state index in [4.69, 9.17) is 9.68 Å². The summed E-state index contributed by atoms with van der Waals surface area (Å²) in [5.41, 5.74) is 5.09. The van der Waals surface area contributed by atoms with Crippen LogP contribution in [-0.4, -0.2) is 10.2 Å². The van der Waals surface area contributed by atoms with E-state index < -0.39 is 0 Å². The first-order valence-corrected chi connectivity index (χ1v) is 9.80. The van der Waals surface area contributed by atoms with Crippen LogP contribution in [0.5, 0.6) is 0 Å². The number of nitriles is 2. The summed E-state index contributed by atoms with van der Waals surface area (Å²) in [7, 11) is 0. The van der Waals surface area contributed by atoms with E-state index in [1.165, 1.54) is 11.8 Å². The van der Waals surface area contributed by atoms with Crippen molar-refractivity contribution in [3.05, 3.63) is 89.5 Å². The van der Waals surface area contributed by atoms with Gasteiger partial charge in [0.2, 0.25) is 5.89 Å². The molecule has 0 radical (unpaired) electrons. The smallest absolute Gasteiger partial charge is 0.277 e. The van der Waals surface area contributed by atoms with Crippen LogP contribution in [0.25, 0.3) is 22.6 Å². The van der Waals surface area contributed by atoms with Gasteiger partial charge in [-0.05, 0) is 47.0 Å². The molecule has 6 heteroatoms. The maximum atomic E-state index is 9.26. The lowest BCUT2D eigenvalue weighted by Crippen LogP contribution is -1.85. The molecule has 1 aromatic heterocycles. The number of aromatic nitrogens is 2. The topological polar surface area (TPSA) is 86.5 Å². The Morgan fingerprint density at radius 2 is 1.52 bits per heavy atom. The first-order chi connectivity index (χ1) is 14.3. The SMILES string of the molecule is N#Cc1ccc(-c2nnc(SCc3ccc(-c4ccccc4C#N)cc3)o2)cc1. The molecule has 0 aliphatic rings. The standard InChI is InChI=1S/C23H14N4OS/c24-13-16-5-11-19(12-6-16)22-26-27-23(28-22)29-15-17-7-9-18(10-8-17)21-4-2-1-3-20(21)14-25/h1-12H,15H2. The molecule has 4 aromatic rings. The Kier molecular flexibility index (Phi) is 5.38. The molecule has 0 aliphatic heterocycles. The maximum absolute atomic E-state index is 9.26. The summed E-state index contributed by atoms with van der Waals surface area (Å²) in [6, 6.07) is 27.0. The van der Waals surface area contributed by atoms with Gasteiger partial charge in [-0.3, -0.25) is 0 Å². The highest BCUT2D eigenvalue weighted by molar-refractivity contribution is 7.98. The lowest BCUT2D eigenvalue weighted by molar-refractivity contribution is 0.466. The van der Waals surface area contributed by atoms with Gasteiger partial charge in [-0.15, -0.1) is 10.2 Å². The summed E-state index contributed by atoms with van der Waals surface area (Å²) < 4.78 is 5.71. The Balaban J connectivity index is 1.43. The van der Waals surface area contributed by atoms with E-state index in [1.807, 2.05) is 48.5 Å². The third-order valence-corrected chi connectivity index (χ3v) is 5.23. The van der Waals surface area contributed by atoms with Crippen LogP contribution >= 0.6 is 11.8 Å². The van der Waals surface area contributed by atoms with Gasteiger partial charge in [0.15, 0.2) is 0 Å². The zero-order valence-corrected chi connectivity index (χ0v) is 16.1. The third kappa shape index (κ3) is 4.19. The first kappa shape index (κ1) is 18.5. The molecule has 0 bridgehead atoms. The van der Waals surface area contributed by atoms with Crippen LogP contribution in [0.1, 0.15) is 16.7 Å². The van der Waals surface area contributed by atoms with Crippen LogP contribution in [0.3, 0.4) is 0 Å². The highest BCUT2D eigenvalue weighted by Crippen LogP contribution is 2.28. The molecule has 0 N–H and O–H groups in total. The number of nitrogens with zero attached hydrogens (tertiary/aromatic N) is 4. The van der Waals surface area contributed by atoms with Gasteiger partial charge in [0, 0.05) is 11.3 Å². The number of benzene rings is 3. The Bertz CT molecular complexity index is 1220. The van der Waals surface area contributed by atoms with Crippen molar-refractivity contribution in [2.75, 3.05) is 0 Å². The Morgan fingerprint density at radius 3 is 2.24 bits per heavy atom. The van der Waals surface area contributed by atoms with Crippen molar-refractivity contribution in [3.8, 4) is 34.7 Å². The molecule has 4 rings (SSSR count). The van der Waals surface area contributed by atoms with E-state index in [-0.39, 0.29) is 0 Å². The van der Waals surface area contributed by atoms with E-state index >= 15 is 0 Å². The van der Waals surface area contributed by atoms with Gasteiger partial charge in [-0.25, -0.2) is 0 Å². The second-order valence-electron chi connectivity index (χ2n) is 6.21. The molecule has 5 nitrogen and oxygen atoms in total. The van der Waals surface area contributed by atoms with Crippen molar-refractivity contribution in [2.45, 2.75) is 11.0 Å². The second kappa shape index (κ2) is 8.43. The average molecular weight is 394 g/mol. The van der Waals surface area contributed by atoms with Gasteiger partial charge >= 0.3 is 0 Å². The zero-order chi connectivity index (χ0) is 20.1. The fourth-order valence-electron chi connectivity index (χ4n) is 2.83. The number of thioether (sulfide) groups is 1. The summed E-state index contributed by atoms with van der Waals surface area (Å²) in [4.78, 5) is 0. The number of rotatable bonds is 5. The highest BCUT2D eigenvalue weighted by atomic mass is 32.2. The summed E-state index contributed by atoms with van der Waals surface area (Å²) in [5, 5.41) is 26.8. The highest BCUT2D eigenvalue weighted by Gasteiger charge is 2.10. The summed E-state index contributed by atoms with van der Waals surface area (Å²) in [6.07, 6.45) is 0. The Hall–Kier alpha value is -3.87. The van der Waals surface area contributed by atoms with E-state index in [0.717, 1.165) is 22.3 Å². The van der Waals surface area contributed by atoms with Gasteiger partial charge < -0.3 is 4.42 Å². The minimum Gasteiger partial charge on any atom is -0.411 e. The fourth-order valence-corrected chi connectivity index (χ4v) is 3.55. The van der Waals surface area contributed by atoms with Crippen molar-refractivity contribution < 1.29 is 4.42 Å². The van der Waals surface area contributed by atoms with Crippen molar-refractivity contribution in [2.24, 2.45) is 0 Å². The minimum absolute atomic E-state index is 0.431. The molecular weight excluding hydrogens is 380 g/mol. The van der Waals surface area contributed by atoms with Gasteiger partial charge in [0.25, 0.3) is 5.22 Å². The molecule has 29 heavy (non-hydrogen) atoms. The van der Waals surface area contributed by atoms with E-state index in [9.17, 15) is 5.26 Å². The van der Waals surface area contributed by atoms with Crippen molar-refractivity contribution >= 4 is 11.8 Å². The zero-order valence-electron chi connectivity index (χ0n) is 15.2. The first-order valence-electron chi connectivity index (χ1n) is 8.82. The van der Waals surface area contributed by atoms with Gasteiger partial charge in [0.05, 0.1) is 23.3 Å². The van der Waals surface area contributed by atoms with Gasteiger partial charge in [0.1, 0.15) is 0 Å². The van der Waals surface area contributed by atoms with Crippen LogP contribution in [0, 0.1) is 22.7 Å². The minimum atomic E-state index is 0.431. The van der Waals surface area contributed by atoms with E-state index in [0.29, 0.717) is 28.0 Å². The van der Waals surface area contributed by atoms with Crippen LogP contribution in [0.2, 0.25) is 0 Å². The largest absolute Gasteiger partial charge is 0.411 e. The molecule has 0 amide bonds. The molecule has 0 aliphatic carbocycles. The van der Waals surface area contributed by atoms with Crippen molar-refractivity contribution in [1.82, 2.24) is 10.2 Å². The van der Waals surface area contributed by atoms with E-state index in [1.54, 1.807) is 24.3 Å². The molecule has 1 heterocycles. The van der Waals surface area contributed by atoms with Crippen molar-refractivity contribution in [3.63, 3.8) is 0 Å². The van der Waals surface area contributed by atoms with Crippen molar-refractivity contribution in [1.29, 1.82) is 10.5 Å². The second-order valence-corrected chi connectivity index (χ2v) is 7.13. The summed E-state index contributed by atoms with van der Waals surface area (Å²) in [5.74, 6) is 1.12. The molecule has 3 aromatic carbocycles. The molecule has 0 atom stereocenters. The summed E-state index contributed by atoms with van der Waals surface area (Å²) in [6.45, 7) is 0. The monoisotopic (exact) mass is 394 g/mol. The van der Waals surface area contributed by atoms with Crippen LogP contribution < -0.4 is 0 Å². The molecular formula is C23H14N4OS. The lowest BCUT2D eigenvalue weighted by atomic mass is 10.00. The van der Waals surface area contributed by atoms with Crippen LogP contribution in [0.4, 0.5) is 0 Å². The van der Waals surface area contributed by atoms with Crippen LogP contribution in [0.15, 0.2) is 82.4 Å². The molecule has 0 spiro atoms. The Labute approximate surface area is 172 Å². The Morgan fingerprint density at radius 1 is 0.793 bits per heavy atom. The normalized spacial score (nSPS) is 10.3. The maximum Gasteiger partial charge on any atom is 0.277 e. The predicted molar refractivity (Wildman–Crippen MR) is 111 cm³/mol. The molecule has 0 fully saturated rings. The van der Waals surface area contributed by atoms with Gasteiger partial charge in [-0.2, -0.15) is 10.5 Å². The molecule has 0 unspecified atom stereocenters. The molecule has 0 saturated heterocycles.